The molecule has 3 nitrogen and oxygen atoms in total. The Morgan fingerprint density at radius 1 is 0.828 bits per heavy atom. The highest BCUT2D eigenvalue weighted by atomic mass is 16.5. The summed E-state index contributed by atoms with van der Waals surface area (Å²) < 4.78 is 5.92. The molecule has 0 atom stereocenters. The molecule has 0 fully saturated rings. The maximum absolute atomic E-state index is 11.5. The largest absolute Gasteiger partial charge is 0.487 e. The average molecular weight is 381 g/mol. The van der Waals surface area contributed by atoms with Crippen molar-refractivity contribution in [1.82, 2.24) is 4.98 Å². The average Bonchev–Trinajstić information content (AvgIpc) is 2.74. The summed E-state index contributed by atoms with van der Waals surface area (Å²) in [6.45, 7) is 2.07. The van der Waals surface area contributed by atoms with Crippen LogP contribution in [0.25, 0.3) is 10.9 Å². The second-order valence-electron chi connectivity index (χ2n) is 7.25. The summed E-state index contributed by atoms with van der Waals surface area (Å²) in [4.78, 5) is 16.1. The Morgan fingerprint density at radius 3 is 2.34 bits per heavy atom. The highest BCUT2D eigenvalue weighted by Gasteiger charge is 2.06. The highest BCUT2D eigenvalue weighted by Crippen LogP contribution is 2.19. The number of benzene rings is 3. The van der Waals surface area contributed by atoms with Gasteiger partial charge in [-0.15, -0.1) is 0 Å². The van der Waals surface area contributed by atoms with Gasteiger partial charge in [0.15, 0.2) is 0 Å². The fraction of sp³-hybridized carbons (Fsp3) is 0.154. The molecule has 0 unspecified atom stereocenters. The van der Waals surface area contributed by atoms with Crippen LogP contribution in [0.2, 0.25) is 0 Å². The first-order valence-electron chi connectivity index (χ1n) is 9.80. The number of ether oxygens (including phenoxy) is 1. The minimum Gasteiger partial charge on any atom is -0.487 e. The van der Waals surface area contributed by atoms with Gasteiger partial charge in [-0.2, -0.15) is 0 Å². The number of fused-ring (bicyclic) bond motifs is 1. The standard InChI is InChI=1S/C26H23NO2/c1-19(28)16-22-7-2-3-8-23(22)17-20-10-14-25(15-11-20)29-18-24-13-12-21-6-4-5-9-26(21)27-24/h2-15H,16-18H2,1H3. The van der Waals surface area contributed by atoms with Gasteiger partial charge in [-0.1, -0.05) is 60.7 Å². The number of nitrogens with zero attached hydrogens (tertiary/aromatic N) is 1. The lowest BCUT2D eigenvalue weighted by molar-refractivity contribution is -0.116. The van der Waals surface area contributed by atoms with Gasteiger partial charge in [0.05, 0.1) is 11.2 Å². The van der Waals surface area contributed by atoms with Gasteiger partial charge < -0.3 is 4.74 Å². The van der Waals surface area contributed by atoms with Crippen LogP contribution in [0.15, 0.2) is 84.9 Å². The molecule has 3 heteroatoms. The predicted octanol–water partition coefficient (Wildman–Crippen LogP) is 5.54. The summed E-state index contributed by atoms with van der Waals surface area (Å²) in [5.41, 5.74) is 5.37. The maximum atomic E-state index is 11.5. The normalized spacial score (nSPS) is 10.8. The van der Waals surface area contributed by atoms with E-state index in [1.807, 2.05) is 54.6 Å². The molecule has 1 aromatic heterocycles. The van der Waals surface area contributed by atoms with E-state index in [0.717, 1.165) is 34.3 Å². The molecule has 144 valence electrons. The van der Waals surface area contributed by atoms with Crippen molar-refractivity contribution in [3.05, 3.63) is 107 Å². The van der Waals surface area contributed by atoms with Gasteiger partial charge in [0.1, 0.15) is 18.1 Å². The van der Waals surface area contributed by atoms with Gasteiger partial charge in [0, 0.05) is 11.8 Å². The molecular weight excluding hydrogens is 358 g/mol. The van der Waals surface area contributed by atoms with E-state index in [-0.39, 0.29) is 5.78 Å². The van der Waals surface area contributed by atoms with Gasteiger partial charge in [-0.05, 0) is 54.3 Å². The maximum Gasteiger partial charge on any atom is 0.134 e. The molecule has 0 aliphatic heterocycles. The Morgan fingerprint density at radius 2 is 1.55 bits per heavy atom. The number of carbonyl (C=O) groups excluding carboxylic acids is 1. The van der Waals surface area contributed by atoms with Crippen LogP contribution in [-0.4, -0.2) is 10.8 Å². The van der Waals surface area contributed by atoms with Gasteiger partial charge in [-0.25, -0.2) is 4.98 Å². The fourth-order valence-electron chi connectivity index (χ4n) is 3.44. The molecule has 0 saturated heterocycles. The number of aromatic nitrogens is 1. The summed E-state index contributed by atoms with van der Waals surface area (Å²) in [5, 5.41) is 1.13. The van der Waals surface area contributed by atoms with Crippen LogP contribution in [0.1, 0.15) is 29.3 Å². The minimum atomic E-state index is 0.184. The monoisotopic (exact) mass is 381 g/mol. The van der Waals surface area contributed by atoms with Crippen LogP contribution in [0, 0.1) is 0 Å². The van der Waals surface area contributed by atoms with Crippen LogP contribution in [0.4, 0.5) is 0 Å². The molecular formula is C26H23NO2. The van der Waals surface area contributed by atoms with E-state index >= 15 is 0 Å². The zero-order valence-electron chi connectivity index (χ0n) is 16.5. The number of carbonyl (C=O) groups is 1. The number of hydrogen-bond acceptors (Lipinski definition) is 3. The van der Waals surface area contributed by atoms with Gasteiger partial charge in [0.2, 0.25) is 0 Å². The molecule has 0 aliphatic carbocycles. The predicted molar refractivity (Wildman–Crippen MR) is 116 cm³/mol. The first-order valence-corrected chi connectivity index (χ1v) is 9.80. The van der Waals surface area contributed by atoms with Crippen molar-refractivity contribution in [3.8, 4) is 5.75 Å². The van der Waals surface area contributed by atoms with E-state index in [1.54, 1.807) is 6.92 Å². The summed E-state index contributed by atoms with van der Waals surface area (Å²) in [6.07, 6.45) is 1.28. The Hall–Kier alpha value is -3.46. The molecule has 4 rings (SSSR count). The number of hydrogen-bond donors (Lipinski definition) is 0. The molecule has 0 radical (unpaired) electrons. The lowest BCUT2D eigenvalue weighted by Crippen LogP contribution is -2.02. The van der Waals surface area contributed by atoms with Crippen LogP contribution in [-0.2, 0) is 24.2 Å². The van der Waals surface area contributed by atoms with E-state index in [0.29, 0.717) is 13.0 Å². The topological polar surface area (TPSA) is 39.2 Å². The molecule has 29 heavy (non-hydrogen) atoms. The summed E-state index contributed by atoms with van der Waals surface area (Å²) >= 11 is 0. The second kappa shape index (κ2) is 8.70. The molecule has 0 spiro atoms. The van der Waals surface area contributed by atoms with Crippen molar-refractivity contribution in [2.75, 3.05) is 0 Å². The lowest BCUT2D eigenvalue weighted by Gasteiger charge is -2.10. The molecule has 1 heterocycles. The Kier molecular flexibility index (Phi) is 5.66. The number of para-hydroxylation sites is 1. The van der Waals surface area contributed by atoms with Gasteiger partial charge >= 0.3 is 0 Å². The highest BCUT2D eigenvalue weighted by molar-refractivity contribution is 5.79. The van der Waals surface area contributed by atoms with Crippen LogP contribution in [0.5, 0.6) is 5.75 Å². The van der Waals surface area contributed by atoms with E-state index in [4.69, 9.17) is 4.74 Å². The SMILES string of the molecule is CC(=O)Cc1ccccc1Cc1ccc(OCc2ccc3ccccc3n2)cc1. The van der Waals surface area contributed by atoms with Crippen molar-refractivity contribution in [1.29, 1.82) is 0 Å². The summed E-state index contributed by atoms with van der Waals surface area (Å²) in [7, 11) is 0. The zero-order valence-corrected chi connectivity index (χ0v) is 16.5. The molecule has 0 aliphatic rings. The smallest absolute Gasteiger partial charge is 0.134 e. The Balaban J connectivity index is 1.41. The van der Waals surface area contributed by atoms with Crippen molar-refractivity contribution < 1.29 is 9.53 Å². The first kappa shape index (κ1) is 18.9. The van der Waals surface area contributed by atoms with Crippen molar-refractivity contribution in [2.24, 2.45) is 0 Å². The molecule has 4 aromatic rings. The van der Waals surface area contributed by atoms with Crippen LogP contribution in [0.3, 0.4) is 0 Å². The third-order valence-electron chi connectivity index (χ3n) is 4.92. The Bertz CT molecular complexity index is 1130. The molecule has 0 bridgehead atoms. The molecule has 0 saturated carbocycles. The lowest BCUT2D eigenvalue weighted by atomic mass is 9.97. The van der Waals surface area contributed by atoms with Crippen molar-refractivity contribution >= 4 is 16.7 Å². The molecule has 3 aromatic carbocycles. The van der Waals surface area contributed by atoms with Crippen molar-refractivity contribution in [3.63, 3.8) is 0 Å². The summed E-state index contributed by atoms with van der Waals surface area (Å²) in [5.74, 6) is 1.00. The zero-order chi connectivity index (χ0) is 20.1. The minimum absolute atomic E-state index is 0.184. The third-order valence-corrected chi connectivity index (χ3v) is 4.92. The molecule has 0 amide bonds. The van der Waals surface area contributed by atoms with Gasteiger partial charge in [-0.3, -0.25) is 4.79 Å². The number of pyridine rings is 1. The fourth-order valence-corrected chi connectivity index (χ4v) is 3.44. The number of Topliss-reactive ketones (excluding diaryl/α,β-unsaturated/α-hetero) is 1. The Labute approximate surface area is 171 Å². The quantitative estimate of drug-likeness (QED) is 0.422. The summed E-state index contributed by atoms with van der Waals surface area (Å²) in [6, 6.07) is 28.4. The van der Waals surface area contributed by atoms with E-state index in [9.17, 15) is 4.79 Å². The third kappa shape index (κ3) is 4.88. The van der Waals surface area contributed by atoms with Crippen molar-refractivity contribution in [2.45, 2.75) is 26.4 Å². The van der Waals surface area contributed by atoms with Gasteiger partial charge in [0.25, 0.3) is 0 Å². The van der Waals surface area contributed by atoms with E-state index in [1.165, 1.54) is 11.1 Å². The van der Waals surface area contributed by atoms with Crippen LogP contribution < -0.4 is 4.74 Å². The number of rotatable bonds is 7. The first-order chi connectivity index (χ1) is 14.2. The van der Waals surface area contributed by atoms with E-state index in [2.05, 4.69) is 35.3 Å². The van der Waals surface area contributed by atoms with Crippen LogP contribution >= 0.6 is 0 Å². The second-order valence-corrected chi connectivity index (χ2v) is 7.25. The molecule has 0 N–H and O–H groups in total. The van der Waals surface area contributed by atoms with E-state index < -0.39 is 0 Å². The number of ketones is 1.